The maximum Gasteiger partial charge on any atom is 0.494 e. The van der Waals surface area contributed by atoms with Crippen molar-refractivity contribution in [3.8, 4) is 39.5 Å². The summed E-state index contributed by atoms with van der Waals surface area (Å²) in [5.41, 5.74) is 10.0. The number of carbonyl (C=O) groups excluding carboxylic acids is 4. The first kappa shape index (κ1) is 109. The summed E-state index contributed by atoms with van der Waals surface area (Å²) in [5.74, 6) is 1.42. The van der Waals surface area contributed by atoms with Crippen molar-refractivity contribution in [1.29, 1.82) is 0 Å². The third-order valence-electron chi connectivity index (χ3n) is 21.5. The highest BCUT2D eigenvalue weighted by Crippen LogP contribution is 2.39. The van der Waals surface area contributed by atoms with Crippen LogP contribution < -0.4 is 41.3 Å². The van der Waals surface area contributed by atoms with Gasteiger partial charge in [0.15, 0.2) is 22.6 Å². The summed E-state index contributed by atoms with van der Waals surface area (Å²) >= 11 is 22.6. The van der Waals surface area contributed by atoms with E-state index in [2.05, 4.69) is 79.3 Å². The van der Waals surface area contributed by atoms with Crippen molar-refractivity contribution >= 4 is 161 Å². The Morgan fingerprint density at radius 1 is 0.525 bits per heavy atom. The van der Waals surface area contributed by atoms with Crippen LogP contribution in [0.5, 0.6) is 5.75 Å². The number of halogens is 4. The number of morpholine rings is 2. The number of aryl methyl sites for hydroxylation is 1. The van der Waals surface area contributed by atoms with E-state index in [4.69, 9.17) is 100 Å². The van der Waals surface area contributed by atoms with Crippen LogP contribution in [0.3, 0.4) is 0 Å². The fourth-order valence-electron chi connectivity index (χ4n) is 14.3. The van der Waals surface area contributed by atoms with Crippen molar-refractivity contribution in [3.05, 3.63) is 178 Å². The first-order valence-corrected chi connectivity index (χ1v) is 46.6. The number of nitrogens with two attached hydrogens (primary N) is 1. The van der Waals surface area contributed by atoms with E-state index in [0.29, 0.717) is 116 Å². The monoisotopic (exact) mass is 2020 g/mol. The summed E-state index contributed by atoms with van der Waals surface area (Å²) in [5, 5.41) is 76.8. The van der Waals surface area contributed by atoms with Crippen LogP contribution in [0.4, 0.5) is 53.8 Å². The molecule has 0 saturated carbocycles. The number of nitro benzene ring substituents is 1. The van der Waals surface area contributed by atoms with Gasteiger partial charge in [-0.15, -0.1) is 0 Å². The lowest BCUT2D eigenvalue weighted by Gasteiger charge is -2.33. The minimum atomic E-state index is -0.978. The standard InChI is InChI=1S/C22H34BNO6.C22H29N7O3.C20H26N6O2.C16H17ClN4O.C9H10Cl2N4O.C7H4ClNO4/c1-19(2,3)27-17(25)24(18(26)28-20(4,5)6)16-13-11-15(12-14-16)23-29-21(7,8)22(9,10)30-23;1-14-12-32-10-9-28(14)20-26-18(15-5-7-16(8-6-15)25-21(30)23-4)17-11-24-29(19(17)27-20)13-22(2,3)31;1-13-11-28-9-8-25(13)19-23-17(14-4-6-15(21)7-5-14)16-10-22-26(18(16)24-19)12-20(2,3)27;1-10-4-6-11(7-5-10)13-12-8-18-21(9-16(2,3)22)14(12)20-15(17)19-13;1-9(2,16)4-15-7-5(3-12-15)6(10)13-8(11)14-7;8-7(10)13-6-3-1-5(2-4-6)9(11)12/h11-14H,1-10H3;5-8,11,14,31H,9-10,12-13H2,1-4H3,(H2,23,25,30);4-7,10,13,27H,8-9,11-12,21H2,1-3H3;4-8,22H,9H2,1-3H3;3,16H,4H2,1-2H3;1-4H/t;14-;13-;;;/m.00.../s1. The van der Waals surface area contributed by atoms with Gasteiger partial charge in [0.2, 0.25) is 22.5 Å². The number of hydrogen-bond acceptors (Lipinski definition) is 32. The molecule has 8 aromatic heterocycles. The van der Waals surface area contributed by atoms with E-state index in [9.17, 15) is 49.7 Å². The van der Waals surface area contributed by atoms with Crippen LogP contribution in [0.15, 0.2) is 146 Å². The van der Waals surface area contributed by atoms with E-state index >= 15 is 0 Å². The number of fused-ring (bicyclic) bond motifs is 4. The number of carbonyl (C=O) groups is 4. The number of nitrogens with zero attached hydrogens (tertiary/aromatic N) is 20. The Morgan fingerprint density at radius 3 is 1.27 bits per heavy atom. The molecule has 3 aliphatic heterocycles. The van der Waals surface area contributed by atoms with Crippen LogP contribution in [0.25, 0.3) is 77.9 Å². The number of benzene rings is 5. The fourth-order valence-corrected chi connectivity index (χ4v) is 14.9. The van der Waals surface area contributed by atoms with Crippen molar-refractivity contribution in [2.75, 3.05) is 72.3 Å². The number of nitrogens with one attached hydrogen (secondary N) is 2. The van der Waals surface area contributed by atoms with E-state index in [1.807, 2.05) is 107 Å². The Hall–Kier alpha value is -12.5. The van der Waals surface area contributed by atoms with Gasteiger partial charge in [-0.3, -0.25) is 10.1 Å². The molecular formula is C96H120BCl4N23O17. The summed E-state index contributed by atoms with van der Waals surface area (Å²) in [7, 11) is 1.03. The summed E-state index contributed by atoms with van der Waals surface area (Å²) in [6.07, 6.45) is 5.16. The molecule has 40 nitrogen and oxygen atoms in total. The average molecular weight is 2020 g/mol. The van der Waals surface area contributed by atoms with Gasteiger partial charge in [-0.1, -0.05) is 77.8 Å². The highest BCUT2D eigenvalue weighted by Gasteiger charge is 2.52. The number of amides is 4. The summed E-state index contributed by atoms with van der Waals surface area (Å²) in [6.45, 7) is 43.6. The minimum absolute atomic E-state index is 0.0648. The fraction of sp³-hybridized carbons (Fsp3) is 0.438. The Kier molecular flexibility index (Phi) is 34.6. The zero-order valence-electron chi connectivity index (χ0n) is 82.8. The summed E-state index contributed by atoms with van der Waals surface area (Å²) in [4.78, 5) is 98.1. The number of hydrogen-bond donors (Lipinski definition) is 7. The van der Waals surface area contributed by atoms with Crippen LogP contribution in [-0.2, 0) is 54.4 Å². The lowest BCUT2D eigenvalue weighted by atomic mass is 9.79. The molecule has 45 heteroatoms. The molecule has 0 unspecified atom stereocenters. The van der Waals surface area contributed by atoms with Gasteiger partial charge in [-0.05, 0) is 223 Å². The van der Waals surface area contributed by atoms with Crippen LogP contribution in [0.1, 0.15) is 144 Å². The second-order valence-corrected chi connectivity index (χ2v) is 40.7. The molecule has 11 heterocycles. The summed E-state index contributed by atoms with van der Waals surface area (Å²) in [6, 6.07) is 35.0. The van der Waals surface area contributed by atoms with Crippen molar-refractivity contribution in [2.45, 2.75) is 228 Å². The van der Waals surface area contributed by atoms with Crippen molar-refractivity contribution in [2.24, 2.45) is 0 Å². The molecule has 3 saturated heterocycles. The van der Waals surface area contributed by atoms with Gasteiger partial charge < -0.3 is 79.6 Å². The van der Waals surface area contributed by atoms with Gasteiger partial charge >= 0.3 is 30.8 Å². The largest absolute Gasteiger partial charge is 0.494 e. The van der Waals surface area contributed by atoms with E-state index in [1.165, 1.54) is 29.8 Å². The molecule has 0 bridgehead atoms. The molecule has 3 fully saturated rings. The third-order valence-corrected chi connectivity index (χ3v) is 22.2. The lowest BCUT2D eigenvalue weighted by Crippen LogP contribution is -2.44. The normalized spacial score (nSPS) is 15.4. The Balaban J connectivity index is 0.000000165. The summed E-state index contributed by atoms with van der Waals surface area (Å²) < 4.78 is 45.2. The number of imide groups is 1. The average Bonchev–Trinajstić information content (AvgIpc) is 1.65. The van der Waals surface area contributed by atoms with Crippen molar-refractivity contribution in [3.63, 3.8) is 0 Å². The van der Waals surface area contributed by atoms with E-state index in [0.717, 1.165) is 66.8 Å². The predicted molar refractivity (Wildman–Crippen MR) is 542 cm³/mol. The molecule has 8 N–H and O–H groups in total. The molecule has 0 spiro atoms. The number of urea groups is 1. The number of non-ortho nitro benzene ring substituents is 1. The van der Waals surface area contributed by atoms with Crippen LogP contribution in [0.2, 0.25) is 15.7 Å². The highest BCUT2D eigenvalue weighted by atomic mass is 35.5. The quantitative estimate of drug-likeness (QED) is 0.00798. The van der Waals surface area contributed by atoms with Crippen LogP contribution in [0, 0.1) is 17.0 Å². The maximum atomic E-state index is 12.8. The molecule has 0 radical (unpaired) electrons. The van der Waals surface area contributed by atoms with E-state index in [-0.39, 0.29) is 45.3 Å². The SMILES string of the molecule is CC(C)(C)OC(=O)N(C(=O)OC(C)(C)C)c1ccc(B2OC(C)(C)C(C)(C)O2)cc1.CC(C)(O)Cn1ncc2c(Cl)nc(Cl)nc21.CNC(=O)Nc1ccc(-c2nc(N3CCOC[C@@H]3C)nc3c2cnn3CC(C)(C)O)cc1.C[C@H]1COCCN1c1nc(-c2ccc(N)cc2)c2cnn(CC(C)(C)O)c2n1.Cc1ccc(-c2nc(Cl)nc3c2cnn3CC(C)(C)O)cc1.O=C(Cl)Oc1ccc([N+](=O)[O-])cc1. The zero-order valence-corrected chi connectivity index (χ0v) is 85.8. The third kappa shape index (κ3) is 30.0. The number of aliphatic hydroxyl groups is 4. The topological polar surface area (TPSA) is 491 Å². The number of anilines is 5. The second kappa shape index (κ2) is 44.8. The smallest absolute Gasteiger partial charge is 0.443 e. The molecule has 3 aliphatic rings. The molecule has 4 amide bonds. The number of ether oxygens (including phenoxy) is 5. The molecule has 2 atom stereocenters. The molecule has 752 valence electrons. The number of rotatable bonds is 18. The Bertz CT molecular complexity index is 6510. The van der Waals surface area contributed by atoms with Gasteiger partial charge in [0.1, 0.15) is 22.1 Å². The van der Waals surface area contributed by atoms with Crippen LogP contribution in [-0.4, -0.2) is 239 Å². The van der Waals surface area contributed by atoms with Crippen molar-refractivity contribution < 1.29 is 77.5 Å². The Morgan fingerprint density at radius 2 is 0.894 bits per heavy atom. The molecule has 16 rings (SSSR count). The molecule has 141 heavy (non-hydrogen) atoms. The number of nitrogen functional groups attached to an aromatic ring is 1. The Labute approximate surface area is 836 Å². The van der Waals surface area contributed by atoms with Gasteiger partial charge in [-0.25, -0.2) is 57.8 Å². The maximum absolute atomic E-state index is 12.8. The lowest BCUT2D eigenvalue weighted by molar-refractivity contribution is -0.384. The van der Waals surface area contributed by atoms with Crippen LogP contribution >= 0.6 is 46.4 Å². The second-order valence-electron chi connectivity index (χ2n) is 39.3. The van der Waals surface area contributed by atoms with Gasteiger partial charge in [0.05, 0.1) is 172 Å². The minimum Gasteiger partial charge on any atom is -0.443 e. The van der Waals surface area contributed by atoms with Gasteiger partial charge in [0.25, 0.3) is 5.69 Å². The first-order valence-electron chi connectivity index (χ1n) is 45.1. The number of aromatic nitrogens is 16. The molecular weight excluding hydrogens is 1900 g/mol. The predicted octanol–water partition coefficient (Wildman–Crippen LogP) is 16.4. The molecule has 0 aliphatic carbocycles. The van der Waals surface area contributed by atoms with Gasteiger partial charge in [-0.2, -0.15) is 45.2 Å². The molecule has 13 aromatic rings. The highest BCUT2D eigenvalue weighted by molar-refractivity contribution is 6.62. The molecule has 5 aromatic carbocycles. The first-order chi connectivity index (χ1) is 65.8. The van der Waals surface area contributed by atoms with Crippen molar-refractivity contribution in [1.82, 2.24) is 84.3 Å². The number of nitro groups is 1. The van der Waals surface area contributed by atoms with Gasteiger partial charge in [0, 0.05) is 71.9 Å². The van der Waals surface area contributed by atoms with E-state index in [1.54, 1.807) is 172 Å². The van der Waals surface area contributed by atoms with E-state index < -0.39 is 74.5 Å². The zero-order chi connectivity index (χ0) is 104.